The third-order valence-electron chi connectivity index (χ3n) is 6.10. The minimum Gasteiger partial charge on any atom is -0.377 e. The molecule has 2 bridgehead atoms. The van der Waals surface area contributed by atoms with Crippen molar-refractivity contribution in [3.05, 3.63) is 35.9 Å². The summed E-state index contributed by atoms with van der Waals surface area (Å²) in [7, 11) is 0. The SMILES string of the molecule is N#CCCC12CCC(CCOCc3ccccc3)(O1)C1C(=O)NC(=O)C12. The number of benzene rings is 1. The number of hydrogen-bond donors (Lipinski definition) is 1. The molecule has 0 aliphatic carbocycles. The minimum atomic E-state index is -0.671. The second-order valence-corrected chi connectivity index (χ2v) is 7.49. The van der Waals surface area contributed by atoms with Crippen molar-refractivity contribution in [1.82, 2.24) is 5.32 Å². The number of carbonyl (C=O) groups excluding carboxylic acids is 2. The molecule has 3 aliphatic heterocycles. The highest BCUT2D eigenvalue weighted by atomic mass is 16.5. The van der Waals surface area contributed by atoms with Gasteiger partial charge >= 0.3 is 0 Å². The van der Waals surface area contributed by atoms with Crippen molar-refractivity contribution in [3.63, 3.8) is 0 Å². The van der Waals surface area contributed by atoms with E-state index in [1.165, 1.54) is 0 Å². The molecule has 1 N–H and O–H groups in total. The van der Waals surface area contributed by atoms with Gasteiger partial charge in [-0.15, -0.1) is 0 Å². The van der Waals surface area contributed by atoms with Crippen molar-refractivity contribution in [3.8, 4) is 6.07 Å². The molecule has 0 spiro atoms. The molecule has 6 nitrogen and oxygen atoms in total. The maximum absolute atomic E-state index is 12.4. The van der Waals surface area contributed by atoms with E-state index in [-0.39, 0.29) is 11.8 Å². The molecule has 6 heteroatoms. The number of ether oxygens (including phenoxy) is 2. The maximum Gasteiger partial charge on any atom is 0.233 e. The zero-order chi connectivity index (χ0) is 18.2. The molecule has 3 aliphatic rings. The fourth-order valence-electron chi connectivity index (χ4n) is 4.97. The fraction of sp³-hybridized carbons (Fsp3) is 0.550. The van der Waals surface area contributed by atoms with Gasteiger partial charge in [0.2, 0.25) is 11.8 Å². The lowest BCUT2D eigenvalue weighted by Crippen LogP contribution is -2.43. The van der Waals surface area contributed by atoms with Crippen LogP contribution in [0, 0.1) is 23.2 Å². The van der Waals surface area contributed by atoms with E-state index in [9.17, 15) is 9.59 Å². The molecule has 4 atom stereocenters. The van der Waals surface area contributed by atoms with E-state index < -0.39 is 23.0 Å². The number of amides is 2. The predicted octanol–water partition coefficient (Wildman–Crippen LogP) is 2.09. The third kappa shape index (κ3) is 2.63. The van der Waals surface area contributed by atoms with Crippen molar-refractivity contribution in [2.24, 2.45) is 11.8 Å². The van der Waals surface area contributed by atoms with E-state index in [0.717, 1.165) is 18.4 Å². The summed E-state index contributed by atoms with van der Waals surface area (Å²) in [6.45, 7) is 0.976. The summed E-state index contributed by atoms with van der Waals surface area (Å²) in [5, 5.41) is 11.4. The highest BCUT2D eigenvalue weighted by molar-refractivity contribution is 6.07. The summed E-state index contributed by atoms with van der Waals surface area (Å²) < 4.78 is 12.2. The zero-order valence-electron chi connectivity index (χ0n) is 14.6. The Hall–Kier alpha value is -2.23. The smallest absolute Gasteiger partial charge is 0.233 e. The molecule has 4 rings (SSSR count). The van der Waals surface area contributed by atoms with E-state index in [4.69, 9.17) is 14.7 Å². The van der Waals surface area contributed by atoms with Crippen molar-refractivity contribution < 1.29 is 19.1 Å². The Kier molecular flexibility index (Phi) is 4.29. The van der Waals surface area contributed by atoms with Crippen LogP contribution in [0.4, 0.5) is 0 Å². The lowest BCUT2D eigenvalue weighted by atomic mass is 9.65. The van der Waals surface area contributed by atoms with Crippen molar-refractivity contribution in [2.45, 2.75) is 49.9 Å². The van der Waals surface area contributed by atoms with Gasteiger partial charge in [-0.25, -0.2) is 0 Å². The molecule has 3 saturated heterocycles. The van der Waals surface area contributed by atoms with E-state index >= 15 is 0 Å². The first-order valence-corrected chi connectivity index (χ1v) is 9.14. The molecule has 2 amide bonds. The van der Waals surface area contributed by atoms with Crippen LogP contribution in [-0.2, 0) is 25.7 Å². The molecule has 1 aromatic carbocycles. The highest BCUT2D eigenvalue weighted by Gasteiger charge is 2.73. The van der Waals surface area contributed by atoms with Gasteiger partial charge in [0, 0.05) is 19.4 Å². The summed E-state index contributed by atoms with van der Waals surface area (Å²) >= 11 is 0. The third-order valence-corrected chi connectivity index (χ3v) is 6.10. The van der Waals surface area contributed by atoms with Crippen LogP contribution < -0.4 is 5.32 Å². The molecule has 0 saturated carbocycles. The van der Waals surface area contributed by atoms with Crippen molar-refractivity contribution >= 4 is 11.8 Å². The van der Waals surface area contributed by atoms with Gasteiger partial charge in [0.05, 0.1) is 35.7 Å². The molecule has 0 radical (unpaired) electrons. The average molecular weight is 354 g/mol. The normalized spacial score (nSPS) is 34.6. The van der Waals surface area contributed by atoms with Gasteiger partial charge in [0.1, 0.15) is 0 Å². The van der Waals surface area contributed by atoms with Crippen LogP contribution in [-0.4, -0.2) is 29.6 Å². The van der Waals surface area contributed by atoms with Crippen LogP contribution in [0.1, 0.15) is 37.7 Å². The monoisotopic (exact) mass is 354 g/mol. The van der Waals surface area contributed by atoms with Crippen LogP contribution in [0.15, 0.2) is 30.3 Å². The van der Waals surface area contributed by atoms with Crippen LogP contribution in [0.25, 0.3) is 0 Å². The molecular weight excluding hydrogens is 332 g/mol. The van der Waals surface area contributed by atoms with Gasteiger partial charge in [-0.05, 0) is 24.8 Å². The maximum atomic E-state index is 12.4. The Balaban J connectivity index is 1.46. The Morgan fingerprint density at radius 2 is 1.77 bits per heavy atom. The molecule has 1 aromatic rings. The molecular formula is C20H22N2O4. The number of nitrogens with one attached hydrogen (secondary N) is 1. The molecule has 26 heavy (non-hydrogen) atoms. The highest BCUT2D eigenvalue weighted by Crippen LogP contribution is 2.62. The van der Waals surface area contributed by atoms with Crippen LogP contribution in [0.2, 0.25) is 0 Å². The summed E-state index contributed by atoms with van der Waals surface area (Å²) in [5.41, 5.74) is -0.220. The molecule has 136 valence electrons. The average Bonchev–Trinajstić information content (AvgIpc) is 3.27. The minimum absolute atomic E-state index is 0.235. The number of rotatable bonds is 7. The molecule has 0 aromatic heterocycles. The van der Waals surface area contributed by atoms with Crippen molar-refractivity contribution in [2.75, 3.05) is 6.61 Å². The van der Waals surface area contributed by atoms with Gasteiger partial charge in [0.15, 0.2) is 0 Å². The predicted molar refractivity (Wildman–Crippen MR) is 91.5 cm³/mol. The van der Waals surface area contributed by atoms with Gasteiger partial charge in [-0.3, -0.25) is 14.9 Å². The van der Waals surface area contributed by atoms with Crippen molar-refractivity contribution in [1.29, 1.82) is 5.26 Å². The largest absolute Gasteiger partial charge is 0.377 e. The number of hydrogen-bond acceptors (Lipinski definition) is 5. The zero-order valence-corrected chi connectivity index (χ0v) is 14.6. The first-order chi connectivity index (χ1) is 12.6. The Morgan fingerprint density at radius 3 is 2.42 bits per heavy atom. The molecule has 3 heterocycles. The first kappa shape index (κ1) is 17.2. The standard InChI is InChI=1S/C20H22N2O4/c21-11-4-7-19-8-9-20(26-19,16-15(19)17(23)22-18(16)24)10-12-25-13-14-5-2-1-3-6-14/h1-3,5-6,15-16H,4,7-10,12-13H2,(H,22,23,24). The van der Waals surface area contributed by atoms with Crippen LogP contribution >= 0.6 is 0 Å². The van der Waals surface area contributed by atoms with E-state index in [0.29, 0.717) is 32.5 Å². The van der Waals surface area contributed by atoms with Gasteiger partial charge < -0.3 is 9.47 Å². The van der Waals surface area contributed by atoms with Crippen LogP contribution in [0.3, 0.4) is 0 Å². The van der Waals surface area contributed by atoms with Gasteiger partial charge in [-0.2, -0.15) is 5.26 Å². The quantitative estimate of drug-likeness (QED) is 0.598. The number of nitrogens with zero attached hydrogens (tertiary/aromatic N) is 1. The van der Waals surface area contributed by atoms with E-state index in [1.807, 2.05) is 30.3 Å². The Bertz CT molecular complexity index is 759. The Morgan fingerprint density at radius 1 is 1.12 bits per heavy atom. The van der Waals surface area contributed by atoms with Gasteiger partial charge in [-0.1, -0.05) is 30.3 Å². The lowest BCUT2D eigenvalue weighted by Gasteiger charge is -2.31. The second kappa shape index (κ2) is 6.49. The summed E-state index contributed by atoms with van der Waals surface area (Å²) in [6.07, 6.45) is 2.85. The van der Waals surface area contributed by atoms with Gasteiger partial charge in [0.25, 0.3) is 0 Å². The van der Waals surface area contributed by atoms with E-state index in [1.54, 1.807) is 0 Å². The molecule has 3 fully saturated rings. The summed E-state index contributed by atoms with van der Waals surface area (Å²) in [5.74, 6) is -1.40. The number of imide groups is 1. The number of nitriles is 1. The lowest BCUT2D eigenvalue weighted by molar-refractivity contribution is -0.136. The second-order valence-electron chi connectivity index (χ2n) is 7.49. The topological polar surface area (TPSA) is 88.4 Å². The summed E-state index contributed by atoms with van der Waals surface area (Å²) in [4.78, 5) is 24.8. The fourth-order valence-corrected chi connectivity index (χ4v) is 4.97. The Labute approximate surface area is 152 Å². The summed E-state index contributed by atoms with van der Waals surface area (Å²) in [6, 6.07) is 12.1. The van der Waals surface area contributed by atoms with E-state index in [2.05, 4.69) is 11.4 Å². The van der Waals surface area contributed by atoms with Crippen LogP contribution in [0.5, 0.6) is 0 Å². The number of carbonyl (C=O) groups is 2. The number of fused-ring (bicyclic) bond motifs is 5. The molecule has 4 unspecified atom stereocenters. The first-order valence-electron chi connectivity index (χ1n) is 9.14.